The summed E-state index contributed by atoms with van der Waals surface area (Å²) in [7, 11) is 4.96. The first-order valence-corrected chi connectivity index (χ1v) is 7.87. The van der Waals surface area contributed by atoms with Gasteiger partial charge in [-0.15, -0.1) is 0 Å². The third kappa shape index (κ3) is 3.69. The molecule has 2 aromatic rings. The number of nitrogens with one attached hydrogen (secondary N) is 2. The second kappa shape index (κ2) is 7.37. The number of rotatable bonds is 6. The number of amides is 2. The van der Waals surface area contributed by atoms with Crippen molar-refractivity contribution in [2.75, 3.05) is 31.8 Å². The number of nitrogens with two attached hydrogens (primary N) is 1. The number of hydrogen-bond donors (Lipinski definition) is 3. The lowest BCUT2D eigenvalue weighted by Gasteiger charge is -2.23. The van der Waals surface area contributed by atoms with Crippen molar-refractivity contribution in [3.63, 3.8) is 0 Å². The van der Waals surface area contributed by atoms with Gasteiger partial charge in [0, 0.05) is 12.6 Å². The summed E-state index contributed by atoms with van der Waals surface area (Å²) in [6.07, 6.45) is 0. The number of carbonyl (C=O) groups excluding carboxylic acids is 2. The van der Waals surface area contributed by atoms with Crippen LogP contribution in [-0.4, -0.2) is 42.8 Å². The number of carbonyl (C=O) groups is 2. The van der Waals surface area contributed by atoms with E-state index in [1.165, 1.54) is 6.07 Å². The Morgan fingerprint density at radius 2 is 2.00 bits per heavy atom. The van der Waals surface area contributed by atoms with Crippen LogP contribution in [0.4, 0.5) is 14.5 Å². The van der Waals surface area contributed by atoms with Gasteiger partial charge in [-0.2, -0.15) is 0 Å². The molecule has 0 saturated carbocycles. The summed E-state index contributed by atoms with van der Waals surface area (Å²) < 4.78 is 14.1. The SMILES string of the molecule is CNc1nc(C(N)=O)c(NC(=O)C(c2ccccc2F)N(C)C)s1. The summed E-state index contributed by atoms with van der Waals surface area (Å²) in [5.41, 5.74) is 5.48. The molecule has 7 nitrogen and oxygen atoms in total. The molecular weight excluding hydrogens is 333 g/mol. The zero-order valence-corrected chi connectivity index (χ0v) is 14.3. The zero-order chi connectivity index (χ0) is 17.9. The van der Waals surface area contributed by atoms with E-state index in [1.807, 2.05) is 0 Å². The highest BCUT2D eigenvalue weighted by atomic mass is 32.1. The van der Waals surface area contributed by atoms with Crippen molar-refractivity contribution in [1.82, 2.24) is 9.88 Å². The maximum atomic E-state index is 14.1. The van der Waals surface area contributed by atoms with E-state index in [0.717, 1.165) is 11.3 Å². The van der Waals surface area contributed by atoms with Gasteiger partial charge in [0.25, 0.3) is 5.91 Å². The van der Waals surface area contributed by atoms with Crippen molar-refractivity contribution >= 4 is 33.3 Å². The van der Waals surface area contributed by atoms with Gasteiger partial charge in [-0.1, -0.05) is 29.5 Å². The van der Waals surface area contributed by atoms with Crippen LogP contribution in [0.25, 0.3) is 0 Å². The van der Waals surface area contributed by atoms with Gasteiger partial charge in [0.1, 0.15) is 16.9 Å². The van der Waals surface area contributed by atoms with E-state index in [9.17, 15) is 14.0 Å². The Bertz CT molecular complexity index is 762. The molecule has 2 rings (SSSR count). The van der Waals surface area contributed by atoms with Gasteiger partial charge in [-0.3, -0.25) is 14.5 Å². The Morgan fingerprint density at radius 3 is 2.54 bits per heavy atom. The third-order valence-corrected chi connectivity index (χ3v) is 4.26. The number of likely N-dealkylation sites (N-methyl/N-ethyl adjacent to an activating group) is 1. The number of halogens is 1. The molecule has 2 amide bonds. The van der Waals surface area contributed by atoms with E-state index in [1.54, 1.807) is 44.2 Å². The standard InChI is InChI=1S/C15H18FN5O2S/c1-18-15-19-10(12(17)22)14(24-15)20-13(23)11(21(2)3)8-6-4-5-7-9(8)16/h4-7,11H,1-3H3,(H2,17,22)(H,18,19)(H,20,23). The monoisotopic (exact) mass is 351 g/mol. The Labute approximate surface area is 142 Å². The number of thiazole rings is 1. The van der Waals surface area contributed by atoms with Crippen molar-refractivity contribution in [1.29, 1.82) is 0 Å². The first-order chi connectivity index (χ1) is 11.3. The second-order valence-electron chi connectivity index (χ2n) is 5.19. The van der Waals surface area contributed by atoms with Crippen LogP contribution in [0.1, 0.15) is 22.1 Å². The van der Waals surface area contributed by atoms with Crippen LogP contribution in [0.5, 0.6) is 0 Å². The van der Waals surface area contributed by atoms with Crippen molar-refractivity contribution in [3.05, 3.63) is 41.3 Å². The quantitative estimate of drug-likeness (QED) is 0.735. The van der Waals surface area contributed by atoms with Crippen molar-refractivity contribution in [2.45, 2.75) is 6.04 Å². The lowest BCUT2D eigenvalue weighted by atomic mass is 10.0. The molecule has 0 aliphatic heterocycles. The van der Waals surface area contributed by atoms with Crippen molar-refractivity contribution < 1.29 is 14.0 Å². The number of nitrogens with zero attached hydrogens (tertiary/aromatic N) is 2. The number of primary amides is 1. The van der Waals surface area contributed by atoms with Crippen LogP contribution >= 0.6 is 11.3 Å². The Hall–Kier alpha value is -2.52. The average Bonchev–Trinajstić information content (AvgIpc) is 2.92. The summed E-state index contributed by atoms with van der Waals surface area (Å²) in [6.45, 7) is 0. The van der Waals surface area contributed by atoms with Crippen LogP contribution in [0.3, 0.4) is 0 Å². The fourth-order valence-electron chi connectivity index (χ4n) is 2.21. The van der Waals surface area contributed by atoms with Gasteiger partial charge in [-0.25, -0.2) is 9.37 Å². The lowest BCUT2D eigenvalue weighted by Crippen LogP contribution is -2.33. The zero-order valence-electron chi connectivity index (χ0n) is 13.5. The summed E-state index contributed by atoms with van der Waals surface area (Å²) in [4.78, 5) is 29.7. The molecule has 0 fully saturated rings. The van der Waals surface area contributed by atoms with Gasteiger partial charge in [0.2, 0.25) is 5.91 Å². The fraction of sp³-hybridized carbons (Fsp3) is 0.267. The normalized spacial score (nSPS) is 12.0. The number of aromatic nitrogens is 1. The molecule has 1 atom stereocenters. The molecule has 1 aromatic heterocycles. The topological polar surface area (TPSA) is 100 Å². The average molecular weight is 351 g/mol. The molecule has 0 aliphatic carbocycles. The molecule has 0 spiro atoms. The maximum Gasteiger partial charge on any atom is 0.270 e. The van der Waals surface area contributed by atoms with E-state index in [4.69, 9.17) is 5.73 Å². The summed E-state index contributed by atoms with van der Waals surface area (Å²) in [5, 5.41) is 6.07. The molecule has 4 N–H and O–H groups in total. The summed E-state index contributed by atoms with van der Waals surface area (Å²) in [5.74, 6) is -1.73. The highest BCUT2D eigenvalue weighted by Crippen LogP contribution is 2.30. The maximum absolute atomic E-state index is 14.1. The predicted octanol–water partition coefficient (Wildman–Crippen LogP) is 1.66. The molecule has 9 heteroatoms. The third-order valence-electron chi connectivity index (χ3n) is 3.28. The molecule has 1 aromatic carbocycles. The largest absolute Gasteiger partial charge is 0.365 e. The van der Waals surface area contributed by atoms with E-state index >= 15 is 0 Å². The van der Waals surface area contributed by atoms with Gasteiger partial charge < -0.3 is 16.4 Å². The Morgan fingerprint density at radius 1 is 1.33 bits per heavy atom. The van der Waals surface area contributed by atoms with Crippen LogP contribution < -0.4 is 16.4 Å². The predicted molar refractivity (Wildman–Crippen MR) is 91.6 cm³/mol. The fourth-order valence-corrected chi connectivity index (χ4v) is 3.04. The number of hydrogen-bond acceptors (Lipinski definition) is 6. The molecule has 24 heavy (non-hydrogen) atoms. The summed E-state index contributed by atoms with van der Waals surface area (Å²) >= 11 is 1.08. The van der Waals surface area contributed by atoms with Gasteiger partial charge in [0.05, 0.1) is 0 Å². The van der Waals surface area contributed by atoms with Gasteiger partial charge in [0.15, 0.2) is 10.8 Å². The summed E-state index contributed by atoms with van der Waals surface area (Å²) in [6, 6.07) is 5.17. The minimum absolute atomic E-state index is 0.0382. The first-order valence-electron chi connectivity index (χ1n) is 7.05. The molecule has 0 radical (unpaired) electrons. The van der Waals surface area contributed by atoms with Gasteiger partial charge >= 0.3 is 0 Å². The highest BCUT2D eigenvalue weighted by molar-refractivity contribution is 7.20. The molecule has 0 bridgehead atoms. The van der Waals surface area contributed by atoms with E-state index in [-0.39, 0.29) is 16.3 Å². The van der Waals surface area contributed by atoms with E-state index < -0.39 is 23.7 Å². The molecular formula is C15H18FN5O2S. The van der Waals surface area contributed by atoms with Crippen LogP contribution in [-0.2, 0) is 4.79 Å². The molecule has 1 heterocycles. The molecule has 0 aliphatic rings. The van der Waals surface area contributed by atoms with Crippen LogP contribution in [0.15, 0.2) is 24.3 Å². The number of benzene rings is 1. The molecule has 1 unspecified atom stereocenters. The first kappa shape index (κ1) is 17.8. The van der Waals surface area contributed by atoms with Crippen LogP contribution in [0.2, 0.25) is 0 Å². The number of anilines is 2. The Balaban J connectivity index is 2.34. The van der Waals surface area contributed by atoms with E-state index in [2.05, 4.69) is 15.6 Å². The Kier molecular flexibility index (Phi) is 5.47. The molecule has 0 saturated heterocycles. The highest BCUT2D eigenvalue weighted by Gasteiger charge is 2.28. The molecule has 128 valence electrons. The minimum Gasteiger partial charge on any atom is -0.365 e. The van der Waals surface area contributed by atoms with E-state index in [0.29, 0.717) is 5.13 Å². The van der Waals surface area contributed by atoms with Crippen molar-refractivity contribution in [3.8, 4) is 0 Å². The van der Waals surface area contributed by atoms with Crippen molar-refractivity contribution in [2.24, 2.45) is 5.73 Å². The smallest absolute Gasteiger partial charge is 0.270 e. The van der Waals surface area contributed by atoms with Crippen LogP contribution in [0, 0.1) is 5.82 Å². The minimum atomic E-state index is -0.868. The second-order valence-corrected chi connectivity index (χ2v) is 6.19. The van der Waals surface area contributed by atoms with Gasteiger partial charge in [-0.05, 0) is 20.2 Å². The lowest BCUT2D eigenvalue weighted by molar-refractivity contribution is -0.120.